The molecule has 0 spiro atoms. The van der Waals surface area contributed by atoms with Crippen LogP contribution in [-0.4, -0.2) is 60.6 Å². The highest BCUT2D eigenvalue weighted by Crippen LogP contribution is 2.31. The van der Waals surface area contributed by atoms with Gasteiger partial charge in [-0.1, -0.05) is 36.4 Å². The lowest BCUT2D eigenvalue weighted by Crippen LogP contribution is -2.33. The van der Waals surface area contributed by atoms with Crippen LogP contribution in [0.25, 0.3) is 16.8 Å². The van der Waals surface area contributed by atoms with Crippen molar-refractivity contribution in [1.82, 2.24) is 13.3 Å². The summed E-state index contributed by atoms with van der Waals surface area (Å²) in [5.41, 5.74) is 2.87. The summed E-state index contributed by atoms with van der Waals surface area (Å²) in [7, 11) is 4.05. The van der Waals surface area contributed by atoms with Gasteiger partial charge in [0, 0.05) is 72.1 Å². The van der Waals surface area contributed by atoms with E-state index in [0.29, 0.717) is 6.54 Å². The van der Waals surface area contributed by atoms with Gasteiger partial charge in [0.15, 0.2) is 5.78 Å². The van der Waals surface area contributed by atoms with Crippen molar-refractivity contribution in [3.8, 4) is 0 Å². The average molecular weight is 449 g/mol. The number of carbonyl (C=O) groups is 1. The monoisotopic (exact) mass is 449 g/mol. The third-order valence-corrected chi connectivity index (χ3v) is 5.54. The number of nitrogens with one attached hydrogen (secondary N) is 1. The first-order valence-corrected chi connectivity index (χ1v) is 9.57. The Labute approximate surface area is 163 Å². The molecular formula is C20H24IN3O. The Morgan fingerprint density at radius 1 is 1.08 bits per heavy atom. The average Bonchev–Trinajstić information content (AvgIpc) is 2.62. The van der Waals surface area contributed by atoms with E-state index in [9.17, 15) is 4.79 Å². The maximum Gasteiger partial charge on any atom is 0.190 e. The zero-order chi connectivity index (χ0) is 17.8. The molecule has 25 heavy (non-hydrogen) atoms. The normalized spacial score (nSPS) is 13.8. The molecule has 0 radical (unpaired) electrons. The van der Waals surface area contributed by atoms with E-state index in [2.05, 4.69) is 73.6 Å². The molecule has 1 aliphatic carbocycles. The maximum absolute atomic E-state index is 12.9. The third kappa shape index (κ3) is 4.28. The standard InChI is InChI=1S/C20H24IN3O/c1-22-9-10-24(21)12-11-23(2)14-17-13-16-7-3-5-15-6-4-8-18(19(15)16)20(17)25/h3-8,13,22H,9-12,14H2,1-2H3. The SMILES string of the molecule is CNCCN(I)CCN(C)CC1=Cc2cccc3cccc(c23)C1=O. The lowest BCUT2D eigenvalue weighted by atomic mass is 9.88. The van der Waals surface area contributed by atoms with E-state index in [1.165, 1.54) is 0 Å². The molecule has 0 unspecified atom stereocenters. The van der Waals surface area contributed by atoms with Gasteiger partial charge in [0.2, 0.25) is 0 Å². The van der Waals surface area contributed by atoms with Crippen molar-refractivity contribution >= 4 is 45.5 Å². The van der Waals surface area contributed by atoms with E-state index < -0.39 is 0 Å². The quantitative estimate of drug-likeness (QED) is 0.496. The molecule has 3 rings (SSSR count). The van der Waals surface area contributed by atoms with Crippen LogP contribution in [0.5, 0.6) is 0 Å². The molecule has 0 fully saturated rings. The van der Waals surface area contributed by atoms with Crippen LogP contribution >= 0.6 is 22.9 Å². The van der Waals surface area contributed by atoms with Gasteiger partial charge >= 0.3 is 0 Å². The van der Waals surface area contributed by atoms with Crippen LogP contribution < -0.4 is 5.32 Å². The minimum Gasteiger partial charge on any atom is -0.318 e. The van der Waals surface area contributed by atoms with Crippen LogP contribution in [0.4, 0.5) is 0 Å². The molecule has 0 aliphatic heterocycles. The lowest BCUT2D eigenvalue weighted by Gasteiger charge is -2.23. The van der Waals surface area contributed by atoms with Crippen molar-refractivity contribution in [3.63, 3.8) is 0 Å². The second-order valence-electron chi connectivity index (χ2n) is 6.50. The second-order valence-corrected chi connectivity index (χ2v) is 7.87. The Kier molecular flexibility index (Phi) is 6.22. The Bertz CT molecular complexity index is 797. The predicted octanol–water partition coefficient (Wildman–Crippen LogP) is 3.22. The van der Waals surface area contributed by atoms with Gasteiger partial charge in [-0.05, 0) is 31.1 Å². The number of carbonyl (C=O) groups excluding carboxylic acids is 1. The highest BCUT2D eigenvalue weighted by atomic mass is 127. The molecule has 2 aromatic carbocycles. The second kappa shape index (κ2) is 8.40. The summed E-state index contributed by atoms with van der Waals surface area (Å²) in [5, 5.41) is 5.39. The first-order chi connectivity index (χ1) is 12.1. The number of hydrogen-bond acceptors (Lipinski definition) is 4. The molecule has 4 nitrogen and oxygen atoms in total. The fourth-order valence-electron chi connectivity index (χ4n) is 3.22. The van der Waals surface area contributed by atoms with Crippen molar-refractivity contribution in [2.24, 2.45) is 0 Å². The van der Waals surface area contributed by atoms with Crippen molar-refractivity contribution in [3.05, 3.63) is 53.1 Å². The maximum atomic E-state index is 12.9. The summed E-state index contributed by atoms with van der Waals surface area (Å²) in [4.78, 5) is 15.1. The summed E-state index contributed by atoms with van der Waals surface area (Å²) in [6.45, 7) is 4.59. The topological polar surface area (TPSA) is 35.6 Å². The van der Waals surface area contributed by atoms with Crippen LogP contribution in [0.15, 0.2) is 42.0 Å². The molecule has 5 heteroatoms. The molecular weight excluding hydrogens is 425 g/mol. The number of Topliss-reactive ketones (excluding diaryl/α,β-unsaturated/α-hetero) is 1. The van der Waals surface area contributed by atoms with Gasteiger partial charge in [-0.3, -0.25) is 4.79 Å². The molecule has 0 amide bonds. The first kappa shape index (κ1) is 18.5. The molecule has 132 valence electrons. The third-order valence-electron chi connectivity index (χ3n) is 4.57. The number of hydrogen-bond donors (Lipinski definition) is 1. The van der Waals surface area contributed by atoms with Gasteiger partial charge in [-0.15, -0.1) is 0 Å². The van der Waals surface area contributed by atoms with Gasteiger partial charge in [-0.25, -0.2) is 3.11 Å². The van der Waals surface area contributed by atoms with Gasteiger partial charge in [0.05, 0.1) is 0 Å². The van der Waals surface area contributed by atoms with E-state index in [1.54, 1.807) is 0 Å². The number of ketones is 1. The Balaban J connectivity index is 1.70. The number of benzene rings is 2. The number of likely N-dealkylation sites (N-methyl/N-ethyl adjacent to an activating group) is 2. The predicted molar refractivity (Wildman–Crippen MR) is 113 cm³/mol. The summed E-state index contributed by atoms with van der Waals surface area (Å²) < 4.78 is 2.28. The molecule has 0 atom stereocenters. The van der Waals surface area contributed by atoms with E-state index in [4.69, 9.17) is 0 Å². The summed E-state index contributed by atoms with van der Waals surface area (Å²) in [6.07, 6.45) is 2.07. The van der Waals surface area contributed by atoms with Gasteiger partial charge in [0.25, 0.3) is 0 Å². The number of nitrogens with zero attached hydrogens (tertiary/aromatic N) is 2. The first-order valence-electron chi connectivity index (χ1n) is 8.61. The molecule has 0 aromatic heterocycles. The molecule has 0 bridgehead atoms. The van der Waals surface area contributed by atoms with E-state index in [-0.39, 0.29) is 5.78 Å². The molecule has 2 aromatic rings. The van der Waals surface area contributed by atoms with Crippen molar-refractivity contribution < 1.29 is 4.79 Å². The zero-order valence-electron chi connectivity index (χ0n) is 14.8. The van der Waals surface area contributed by atoms with Crippen LogP contribution in [-0.2, 0) is 0 Å². The highest BCUT2D eigenvalue weighted by Gasteiger charge is 2.22. The van der Waals surface area contributed by atoms with E-state index >= 15 is 0 Å². The number of halogens is 1. The highest BCUT2D eigenvalue weighted by molar-refractivity contribution is 14.1. The van der Waals surface area contributed by atoms with Crippen molar-refractivity contribution in [2.75, 3.05) is 46.8 Å². The number of rotatable bonds is 8. The summed E-state index contributed by atoms with van der Waals surface area (Å²) in [5.74, 6) is 0.165. The minimum absolute atomic E-state index is 0.165. The summed E-state index contributed by atoms with van der Waals surface area (Å²) >= 11 is 2.36. The fourth-order valence-corrected chi connectivity index (χ4v) is 3.67. The fraction of sp³-hybridized carbons (Fsp3) is 0.350. The van der Waals surface area contributed by atoms with Gasteiger partial charge in [-0.2, -0.15) is 0 Å². The molecule has 0 saturated carbocycles. The molecule has 0 heterocycles. The van der Waals surface area contributed by atoms with E-state index in [0.717, 1.165) is 53.7 Å². The Morgan fingerprint density at radius 3 is 2.60 bits per heavy atom. The Hall–Kier alpha value is -1.28. The van der Waals surface area contributed by atoms with Crippen LogP contribution in [0, 0.1) is 0 Å². The molecule has 1 N–H and O–H groups in total. The van der Waals surface area contributed by atoms with Gasteiger partial charge < -0.3 is 10.2 Å². The molecule has 1 aliphatic rings. The minimum atomic E-state index is 0.165. The summed E-state index contributed by atoms with van der Waals surface area (Å²) in [6, 6.07) is 12.2. The van der Waals surface area contributed by atoms with Crippen LogP contribution in [0.1, 0.15) is 15.9 Å². The largest absolute Gasteiger partial charge is 0.318 e. The zero-order valence-corrected chi connectivity index (χ0v) is 16.9. The van der Waals surface area contributed by atoms with Crippen molar-refractivity contribution in [2.45, 2.75) is 0 Å². The Morgan fingerprint density at radius 2 is 1.84 bits per heavy atom. The van der Waals surface area contributed by atoms with Gasteiger partial charge in [0.1, 0.15) is 0 Å². The van der Waals surface area contributed by atoms with Crippen LogP contribution in [0.2, 0.25) is 0 Å². The van der Waals surface area contributed by atoms with Crippen molar-refractivity contribution in [1.29, 1.82) is 0 Å². The lowest BCUT2D eigenvalue weighted by molar-refractivity contribution is 0.102. The van der Waals surface area contributed by atoms with E-state index in [1.807, 2.05) is 19.2 Å². The molecule has 0 saturated heterocycles. The van der Waals surface area contributed by atoms with Crippen LogP contribution in [0.3, 0.4) is 0 Å². The smallest absolute Gasteiger partial charge is 0.190 e.